The molecule has 0 radical (unpaired) electrons. The number of hydrogen-bond donors (Lipinski definition) is 1. The fourth-order valence-electron chi connectivity index (χ4n) is 3.58. The molecular weight excluding hydrogens is 308 g/mol. The number of anilines is 2. The van der Waals surface area contributed by atoms with Crippen LogP contribution in [0.1, 0.15) is 5.56 Å². The second kappa shape index (κ2) is 7.11. The van der Waals surface area contributed by atoms with Crippen LogP contribution in [0.15, 0.2) is 60.8 Å². The highest BCUT2D eigenvalue weighted by Gasteiger charge is 2.19. The second-order valence-electron chi connectivity index (χ2n) is 6.64. The highest BCUT2D eigenvalue weighted by molar-refractivity contribution is 5.99. The average Bonchev–Trinajstić information content (AvgIpc) is 2.68. The third-order valence-electron chi connectivity index (χ3n) is 5.05. The van der Waals surface area contributed by atoms with Crippen molar-refractivity contribution in [1.82, 2.24) is 9.88 Å². The minimum atomic E-state index is 0.822. The Morgan fingerprint density at radius 2 is 1.64 bits per heavy atom. The third-order valence-corrected chi connectivity index (χ3v) is 5.05. The molecule has 2 heterocycles. The summed E-state index contributed by atoms with van der Waals surface area (Å²) in [6.07, 6.45) is 2.99. The fourth-order valence-corrected chi connectivity index (χ4v) is 3.58. The third kappa shape index (κ3) is 3.44. The standard InChI is InChI=1S/C21H24N4/c22-20-8-4-7-19-18(20)9-11-23-21(19)25-15-13-24(14-16-25)12-10-17-5-2-1-3-6-17/h1-9,11H,10,12-16,22H2. The van der Waals surface area contributed by atoms with Crippen molar-refractivity contribution in [1.29, 1.82) is 0 Å². The van der Waals surface area contributed by atoms with Gasteiger partial charge in [-0.1, -0.05) is 42.5 Å². The van der Waals surface area contributed by atoms with Crippen molar-refractivity contribution in [2.75, 3.05) is 43.4 Å². The van der Waals surface area contributed by atoms with Crippen molar-refractivity contribution in [3.63, 3.8) is 0 Å². The molecule has 128 valence electrons. The Labute approximate surface area is 148 Å². The summed E-state index contributed by atoms with van der Waals surface area (Å²) >= 11 is 0. The summed E-state index contributed by atoms with van der Waals surface area (Å²) in [6, 6.07) is 18.8. The highest BCUT2D eigenvalue weighted by atomic mass is 15.3. The van der Waals surface area contributed by atoms with Gasteiger partial charge in [-0.15, -0.1) is 0 Å². The van der Waals surface area contributed by atoms with Gasteiger partial charge in [-0.05, 0) is 24.1 Å². The number of aromatic nitrogens is 1. The Bertz CT molecular complexity index is 839. The van der Waals surface area contributed by atoms with E-state index in [0.717, 1.165) is 61.4 Å². The molecule has 0 atom stereocenters. The van der Waals surface area contributed by atoms with Gasteiger partial charge in [0.25, 0.3) is 0 Å². The lowest BCUT2D eigenvalue weighted by Gasteiger charge is -2.36. The quantitative estimate of drug-likeness (QED) is 0.745. The average molecular weight is 332 g/mol. The molecule has 4 rings (SSSR count). The molecule has 1 aliphatic rings. The maximum absolute atomic E-state index is 6.12. The van der Waals surface area contributed by atoms with E-state index in [4.69, 9.17) is 5.73 Å². The van der Waals surface area contributed by atoms with E-state index in [1.165, 1.54) is 5.56 Å². The van der Waals surface area contributed by atoms with Crippen LogP contribution < -0.4 is 10.6 Å². The predicted molar refractivity (Wildman–Crippen MR) is 105 cm³/mol. The molecule has 2 aromatic carbocycles. The molecule has 4 heteroatoms. The number of nitrogens with zero attached hydrogens (tertiary/aromatic N) is 3. The number of nitrogen functional groups attached to an aromatic ring is 1. The number of nitrogens with two attached hydrogens (primary N) is 1. The normalized spacial score (nSPS) is 15.6. The van der Waals surface area contributed by atoms with Crippen LogP contribution >= 0.6 is 0 Å². The Balaban J connectivity index is 1.41. The van der Waals surface area contributed by atoms with Gasteiger partial charge in [0.15, 0.2) is 0 Å². The molecule has 0 bridgehead atoms. The van der Waals surface area contributed by atoms with E-state index < -0.39 is 0 Å². The Morgan fingerprint density at radius 1 is 0.840 bits per heavy atom. The number of pyridine rings is 1. The molecule has 3 aromatic rings. The van der Waals surface area contributed by atoms with E-state index in [1.807, 2.05) is 24.4 Å². The fraction of sp³-hybridized carbons (Fsp3) is 0.286. The van der Waals surface area contributed by atoms with Crippen molar-refractivity contribution >= 4 is 22.3 Å². The lowest BCUT2D eigenvalue weighted by atomic mass is 10.1. The number of piperazine rings is 1. The zero-order chi connectivity index (χ0) is 17.1. The number of hydrogen-bond acceptors (Lipinski definition) is 4. The molecule has 0 amide bonds. The van der Waals surface area contributed by atoms with Gasteiger partial charge in [0.1, 0.15) is 5.82 Å². The van der Waals surface area contributed by atoms with Crippen molar-refractivity contribution in [2.24, 2.45) is 0 Å². The van der Waals surface area contributed by atoms with Crippen molar-refractivity contribution in [3.05, 3.63) is 66.4 Å². The highest BCUT2D eigenvalue weighted by Crippen LogP contribution is 2.28. The Hall–Kier alpha value is -2.59. The van der Waals surface area contributed by atoms with Crippen molar-refractivity contribution in [3.8, 4) is 0 Å². The molecule has 1 aliphatic heterocycles. The van der Waals surface area contributed by atoms with Crippen LogP contribution in [-0.2, 0) is 6.42 Å². The van der Waals surface area contributed by atoms with E-state index >= 15 is 0 Å². The zero-order valence-electron chi connectivity index (χ0n) is 14.4. The topological polar surface area (TPSA) is 45.4 Å². The molecule has 0 unspecified atom stereocenters. The molecule has 0 saturated carbocycles. The van der Waals surface area contributed by atoms with E-state index in [2.05, 4.69) is 51.2 Å². The van der Waals surface area contributed by atoms with Gasteiger partial charge in [-0.2, -0.15) is 0 Å². The van der Waals surface area contributed by atoms with Crippen LogP contribution in [0.4, 0.5) is 11.5 Å². The van der Waals surface area contributed by atoms with Gasteiger partial charge >= 0.3 is 0 Å². The summed E-state index contributed by atoms with van der Waals surface area (Å²) in [5.74, 6) is 1.06. The van der Waals surface area contributed by atoms with Crippen LogP contribution in [0.2, 0.25) is 0 Å². The van der Waals surface area contributed by atoms with Gasteiger partial charge in [-0.25, -0.2) is 4.98 Å². The molecule has 0 spiro atoms. The summed E-state index contributed by atoms with van der Waals surface area (Å²) in [5, 5.41) is 2.25. The first-order valence-corrected chi connectivity index (χ1v) is 8.96. The molecule has 4 nitrogen and oxygen atoms in total. The number of rotatable bonds is 4. The van der Waals surface area contributed by atoms with E-state index in [0.29, 0.717) is 0 Å². The predicted octanol–water partition coefficient (Wildman–Crippen LogP) is 3.18. The summed E-state index contributed by atoms with van der Waals surface area (Å²) in [4.78, 5) is 9.58. The summed E-state index contributed by atoms with van der Waals surface area (Å²) in [7, 11) is 0. The molecule has 0 aliphatic carbocycles. The van der Waals surface area contributed by atoms with E-state index in [1.54, 1.807) is 0 Å². The monoisotopic (exact) mass is 332 g/mol. The lowest BCUT2D eigenvalue weighted by Crippen LogP contribution is -2.47. The van der Waals surface area contributed by atoms with Gasteiger partial charge in [0.2, 0.25) is 0 Å². The van der Waals surface area contributed by atoms with Crippen LogP contribution in [0.5, 0.6) is 0 Å². The maximum Gasteiger partial charge on any atom is 0.136 e. The van der Waals surface area contributed by atoms with Crippen molar-refractivity contribution in [2.45, 2.75) is 6.42 Å². The first-order valence-electron chi connectivity index (χ1n) is 8.96. The van der Waals surface area contributed by atoms with Gasteiger partial charge in [0, 0.05) is 55.4 Å². The first kappa shape index (κ1) is 15.9. The zero-order valence-corrected chi connectivity index (χ0v) is 14.4. The van der Waals surface area contributed by atoms with Gasteiger partial charge < -0.3 is 10.6 Å². The molecule has 1 fully saturated rings. The minimum absolute atomic E-state index is 0.822. The lowest BCUT2D eigenvalue weighted by molar-refractivity contribution is 0.260. The molecule has 1 aromatic heterocycles. The SMILES string of the molecule is Nc1cccc2c(N3CCN(CCc4ccccc4)CC3)nccc12. The second-order valence-corrected chi connectivity index (χ2v) is 6.64. The number of benzene rings is 2. The van der Waals surface area contributed by atoms with Crippen LogP contribution in [0.3, 0.4) is 0 Å². The molecule has 2 N–H and O–H groups in total. The van der Waals surface area contributed by atoms with Crippen molar-refractivity contribution < 1.29 is 0 Å². The largest absolute Gasteiger partial charge is 0.398 e. The summed E-state index contributed by atoms with van der Waals surface area (Å²) in [6.45, 7) is 5.29. The van der Waals surface area contributed by atoms with Gasteiger partial charge in [-0.3, -0.25) is 4.90 Å². The molecular formula is C21H24N4. The first-order chi connectivity index (χ1) is 12.3. The Kier molecular flexibility index (Phi) is 4.53. The summed E-state index contributed by atoms with van der Waals surface area (Å²) < 4.78 is 0. The minimum Gasteiger partial charge on any atom is -0.398 e. The number of fused-ring (bicyclic) bond motifs is 1. The van der Waals surface area contributed by atoms with Crippen LogP contribution in [0, 0.1) is 0 Å². The Morgan fingerprint density at radius 3 is 2.44 bits per heavy atom. The van der Waals surface area contributed by atoms with E-state index in [9.17, 15) is 0 Å². The molecule has 25 heavy (non-hydrogen) atoms. The summed E-state index contributed by atoms with van der Waals surface area (Å²) in [5.41, 5.74) is 8.35. The molecule has 1 saturated heterocycles. The maximum atomic E-state index is 6.12. The van der Waals surface area contributed by atoms with Crippen LogP contribution in [0.25, 0.3) is 10.8 Å². The van der Waals surface area contributed by atoms with Gasteiger partial charge in [0.05, 0.1) is 0 Å². The van der Waals surface area contributed by atoms with E-state index in [-0.39, 0.29) is 0 Å². The smallest absolute Gasteiger partial charge is 0.136 e. The van der Waals surface area contributed by atoms with Crippen LogP contribution in [-0.4, -0.2) is 42.6 Å².